The number of aromatic nitrogens is 5. The molecule has 0 unspecified atom stereocenters. The van der Waals surface area contributed by atoms with E-state index >= 15 is 0 Å². The molecule has 3 heterocycles. The molecule has 1 atom stereocenters. The number of hydrogen-bond donors (Lipinski definition) is 2. The normalized spacial score (nSPS) is 22.1. The van der Waals surface area contributed by atoms with Gasteiger partial charge in [-0.2, -0.15) is 15.4 Å². The summed E-state index contributed by atoms with van der Waals surface area (Å²) in [6.07, 6.45) is 4.86. The van der Waals surface area contributed by atoms with Crippen LogP contribution in [0.4, 0.5) is 5.82 Å². The fraction of sp³-hybridized carbons (Fsp3) is 0.333. The highest BCUT2D eigenvalue weighted by Gasteiger charge is 2.37. The van der Waals surface area contributed by atoms with Gasteiger partial charge in [0.05, 0.1) is 30.0 Å². The minimum atomic E-state index is -1.00. The van der Waals surface area contributed by atoms with Crippen molar-refractivity contribution in [2.45, 2.75) is 18.4 Å². The molecule has 7 nitrogen and oxygen atoms in total. The molecule has 22 heavy (non-hydrogen) atoms. The van der Waals surface area contributed by atoms with Crippen LogP contribution < -0.4 is 4.90 Å². The van der Waals surface area contributed by atoms with Crippen molar-refractivity contribution in [2.24, 2.45) is 0 Å². The first kappa shape index (κ1) is 13.1. The monoisotopic (exact) mass is 296 g/mol. The molecule has 1 aliphatic rings. The summed E-state index contributed by atoms with van der Waals surface area (Å²) < 4.78 is 0. The van der Waals surface area contributed by atoms with Crippen molar-refractivity contribution >= 4 is 16.9 Å². The molecule has 4 rings (SSSR count). The number of fused-ring (bicyclic) bond motifs is 1. The predicted octanol–water partition coefficient (Wildman–Crippen LogP) is 1.24. The Morgan fingerprint density at radius 2 is 2.05 bits per heavy atom. The molecule has 0 amide bonds. The smallest absolute Gasteiger partial charge is 0.147 e. The first-order chi connectivity index (χ1) is 10.7. The molecule has 1 aromatic carbocycles. The number of hydrogen-bond acceptors (Lipinski definition) is 6. The van der Waals surface area contributed by atoms with E-state index in [4.69, 9.17) is 0 Å². The molecule has 2 N–H and O–H groups in total. The molecule has 0 bridgehead atoms. The zero-order valence-electron chi connectivity index (χ0n) is 12.0. The van der Waals surface area contributed by atoms with Crippen molar-refractivity contribution in [1.82, 2.24) is 25.4 Å². The Labute approximate surface area is 127 Å². The number of H-pyrrole nitrogens is 1. The maximum Gasteiger partial charge on any atom is 0.147 e. The molecule has 1 saturated heterocycles. The van der Waals surface area contributed by atoms with Crippen molar-refractivity contribution in [1.29, 1.82) is 0 Å². The van der Waals surface area contributed by atoms with E-state index in [1.165, 1.54) is 0 Å². The zero-order valence-corrected chi connectivity index (χ0v) is 12.0. The van der Waals surface area contributed by atoms with E-state index < -0.39 is 5.60 Å². The molecule has 2 aromatic heterocycles. The Balaban J connectivity index is 1.66. The lowest BCUT2D eigenvalue weighted by molar-refractivity contribution is 0.0175. The number of aromatic amines is 1. The van der Waals surface area contributed by atoms with E-state index in [0.29, 0.717) is 18.7 Å². The van der Waals surface area contributed by atoms with Gasteiger partial charge in [0.2, 0.25) is 0 Å². The van der Waals surface area contributed by atoms with E-state index in [1.54, 1.807) is 12.4 Å². The maximum absolute atomic E-state index is 10.9. The number of para-hydroxylation sites is 2. The lowest BCUT2D eigenvalue weighted by Crippen LogP contribution is -2.46. The van der Waals surface area contributed by atoms with Gasteiger partial charge in [0.15, 0.2) is 0 Å². The van der Waals surface area contributed by atoms with Crippen LogP contribution in [0.25, 0.3) is 11.0 Å². The number of rotatable bonds is 2. The molecular formula is C15H16N6O. The third-order valence-electron chi connectivity index (χ3n) is 4.12. The molecule has 1 aliphatic heterocycles. The second kappa shape index (κ2) is 5.03. The average molecular weight is 296 g/mol. The summed E-state index contributed by atoms with van der Waals surface area (Å²) in [4.78, 5) is 11.2. The second-order valence-electron chi connectivity index (χ2n) is 5.63. The van der Waals surface area contributed by atoms with Crippen molar-refractivity contribution in [3.63, 3.8) is 0 Å². The van der Waals surface area contributed by atoms with Crippen LogP contribution in [0.1, 0.15) is 18.5 Å². The largest absolute Gasteiger partial charge is 0.382 e. The van der Waals surface area contributed by atoms with Crippen LogP contribution in [0.2, 0.25) is 0 Å². The summed E-state index contributed by atoms with van der Waals surface area (Å²) in [6, 6.07) is 7.78. The van der Waals surface area contributed by atoms with E-state index in [1.807, 2.05) is 24.3 Å². The Morgan fingerprint density at radius 3 is 2.86 bits per heavy atom. The van der Waals surface area contributed by atoms with E-state index in [2.05, 4.69) is 30.3 Å². The number of nitrogens with zero attached hydrogens (tertiary/aromatic N) is 5. The lowest BCUT2D eigenvalue weighted by Gasteiger charge is -2.38. The third kappa shape index (κ3) is 2.19. The van der Waals surface area contributed by atoms with Crippen molar-refractivity contribution in [3.05, 3.63) is 42.4 Å². The summed E-state index contributed by atoms with van der Waals surface area (Å²) in [5, 5.41) is 21.3. The highest BCUT2D eigenvalue weighted by Crippen LogP contribution is 2.31. The van der Waals surface area contributed by atoms with Crippen LogP contribution in [-0.2, 0) is 5.60 Å². The first-order valence-electron chi connectivity index (χ1n) is 7.30. The summed E-state index contributed by atoms with van der Waals surface area (Å²) in [5.74, 6) is 0.778. The molecular weight excluding hydrogens is 280 g/mol. The van der Waals surface area contributed by atoms with E-state index in [-0.39, 0.29) is 0 Å². The van der Waals surface area contributed by atoms with Crippen molar-refractivity contribution in [2.75, 3.05) is 18.0 Å². The Bertz CT molecular complexity index is 790. The molecule has 0 saturated carbocycles. The van der Waals surface area contributed by atoms with Gasteiger partial charge >= 0.3 is 0 Å². The highest BCUT2D eigenvalue weighted by atomic mass is 16.3. The van der Waals surface area contributed by atoms with E-state index in [0.717, 1.165) is 29.8 Å². The predicted molar refractivity (Wildman–Crippen MR) is 81.3 cm³/mol. The maximum atomic E-state index is 10.9. The topological polar surface area (TPSA) is 90.8 Å². The Kier molecular flexibility index (Phi) is 3.00. The Hall–Kier alpha value is -2.54. The fourth-order valence-electron chi connectivity index (χ4n) is 2.97. The molecule has 7 heteroatoms. The van der Waals surface area contributed by atoms with Gasteiger partial charge in [-0.1, -0.05) is 12.1 Å². The third-order valence-corrected chi connectivity index (χ3v) is 4.12. The van der Waals surface area contributed by atoms with Crippen LogP contribution in [0, 0.1) is 0 Å². The van der Waals surface area contributed by atoms with Crippen LogP contribution in [0.5, 0.6) is 0 Å². The van der Waals surface area contributed by atoms with Crippen molar-refractivity contribution < 1.29 is 5.11 Å². The summed E-state index contributed by atoms with van der Waals surface area (Å²) in [5.41, 5.74) is 1.30. The van der Waals surface area contributed by atoms with Gasteiger partial charge in [0.25, 0.3) is 0 Å². The van der Waals surface area contributed by atoms with Gasteiger partial charge in [0, 0.05) is 6.54 Å². The highest BCUT2D eigenvalue weighted by molar-refractivity contribution is 5.75. The number of anilines is 1. The molecule has 1 fully saturated rings. The molecule has 0 radical (unpaired) electrons. The average Bonchev–Trinajstić information content (AvgIpc) is 3.10. The van der Waals surface area contributed by atoms with Gasteiger partial charge < -0.3 is 10.0 Å². The quantitative estimate of drug-likeness (QED) is 0.739. The van der Waals surface area contributed by atoms with Gasteiger partial charge in [-0.05, 0) is 25.0 Å². The van der Waals surface area contributed by atoms with Crippen LogP contribution in [0.3, 0.4) is 0 Å². The number of piperidine rings is 1. The summed E-state index contributed by atoms with van der Waals surface area (Å²) >= 11 is 0. The fourth-order valence-corrected chi connectivity index (χ4v) is 2.97. The SMILES string of the molecule is O[C@@]1(c2cn[nH]n2)CCCN(c2cnc3ccccc3n2)C1. The minimum Gasteiger partial charge on any atom is -0.382 e. The van der Waals surface area contributed by atoms with Crippen LogP contribution >= 0.6 is 0 Å². The minimum absolute atomic E-state index is 0.437. The summed E-state index contributed by atoms with van der Waals surface area (Å²) in [7, 11) is 0. The molecule has 112 valence electrons. The van der Waals surface area contributed by atoms with Crippen LogP contribution in [-0.4, -0.2) is 43.6 Å². The van der Waals surface area contributed by atoms with Gasteiger partial charge in [-0.3, -0.25) is 4.98 Å². The van der Waals surface area contributed by atoms with Gasteiger partial charge in [-0.15, -0.1) is 0 Å². The van der Waals surface area contributed by atoms with Gasteiger partial charge in [0.1, 0.15) is 17.1 Å². The molecule has 0 spiro atoms. The number of nitrogens with one attached hydrogen (secondary N) is 1. The standard InChI is InChI=1S/C15H16N6O/c22-15(13-8-17-20-19-13)6-3-7-21(10-15)14-9-16-11-4-1-2-5-12(11)18-14/h1-2,4-5,8-9,22H,3,6-7,10H2,(H,17,19,20)/t15-/m0/s1. The first-order valence-corrected chi connectivity index (χ1v) is 7.30. The molecule has 0 aliphatic carbocycles. The lowest BCUT2D eigenvalue weighted by atomic mass is 9.90. The Morgan fingerprint density at radius 1 is 1.18 bits per heavy atom. The number of aliphatic hydroxyl groups is 1. The van der Waals surface area contributed by atoms with Gasteiger partial charge in [-0.25, -0.2) is 4.98 Å². The zero-order chi connectivity index (χ0) is 15.0. The van der Waals surface area contributed by atoms with E-state index in [9.17, 15) is 5.11 Å². The van der Waals surface area contributed by atoms with Crippen molar-refractivity contribution in [3.8, 4) is 0 Å². The summed E-state index contributed by atoms with van der Waals surface area (Å²) in [6.45, 7) is 1.28. The van der Waals surface area contributed by atoms with Crippen LogP contribution in [0.15, 0.2) is 36.7 Å². The number of benzene rings is 1. The second-order valence-corrected chi connectivity index (χ2v) is 5.63. The molecule has 3 aromatic rings. The number of β-amino-alcohol motifs (C(OH)–C–C–N with tert-alkyl or cyclic N) is 1.